The Hall–Kier alpha value is -3.57. The molecule has 5 heteroatoms. The van der Waals surface area contributed by atoms with Crippen LogP contribution in [0.1, 0.15) is 22.3 Å². The third-order valence-electron chi connectivity index (χ3n) is 5.18. The van der Waals surface area contributed by atoms with Crippen LogP contribution in [-0.2, 0) is 17.2 Å². The molecule has 0 spiro atoms. The van der Waals surface area contributed by atoms with Gasteiger partial charge >= 0.3 is 0 Å². The Kier molecular flexibility index (Phi) is 7.77. The van der Waals surface area contributed by atoms with E-state index in [2.05, 4.69) is 72.0 Å². The van der Waals surface area contributed by atoms with Crippen molar-refractivity contribution in [3.05, 3.63) is 113 Å². The number of hydrogen-bond acceptors (Lipinski definition) is 4. The van der Waals surface area contributed by atoms with E-state index in [0.717, 1.165) is 22.6 Å². The van der Waals surface area contributed by atoms with Crippen molar-refractivity contribution in [3.63, 3.8) is 0 Å². The average Bonchev–Trinajstić information content (AvgIpc) is 2.85. The Morgan fingerprint density at radius 1 is 0.939 bits per heavy atom. The van der Waals surface area contributed by atoms with Gasteiger partial charge in [-0.3, -0.25) is 4.79 Å². The predicted octanol–water partition coefficient (Wildman–Crippen LogP) is 6.11. The second-order valence-electron chi connectivity index (χ2n) is 7.77. The lowest BCUT2D eigenvalue weighted by Gasteiger charge is -2.09. The molecule has 1 amide bonds. The van der Waals surface area contributed by atoms with Crippen LogP contribution in [0.15, 0.2) is 96.1 Å². The van der Waals surface area contributed by atoms with Crippen LogP contribution >= 0.6 is 11.8 Å². The minimum Gasteiger partial charge on any atom is -0.489 e. The van der Waals surface area contributed by atoms with Gasteiger partial charge in [-0.2, -0.15) is 5.10 Å². The Balaban J connectivity index is 1.21. The third kappa shape index (κ3) is 6.70. The van der Waals surface area contributed by atoms with Gasteiger partial charge in [-0.05, 0) is 58.7 Å². The first-order valence-corrected chi connectivity index (χ1v) is 12.0. The van der Waals surface area contributed by atoms with Gasteiger partial charge < -0.3 is 4.74 Å². The minimum absolute atomic E-state index is 0.113. The van der Waals surface area contributed by atoms with E-state index in [4.69, 9.17) is 4.74 Å². The van der Waals surface area contributed by atoms with E-state index < -0.39 is 0 Å². The summed E-state index contributed by atoms with van der Waals surface area (Å²) in [5.74, 6) is 1.85. The Morgan fingerprint density at radius 2 is 1.70 bits per heavy atom. The highest BCUT2D eigenvalue weighted by atomic mass is 32.2. The highest BCUT2D eigenvalue weighted by Crippen LogP contribution is 2.21. The number of thioether (sulfide) groups is 1. The van der Waals surface area contributed by atoms with Crippen molar-refractivity contribution in [1.29, 1.82) is 0 Å². The van der Waals surface area contributed by atoms with Crippen LogP contribution < -0.4 is 10.2 Å². The molecule has 0 aliphatic rings. The number of amides is 1. The third-order valence-corrected chi connectivity index (χ3v) is 6.18. The lowest BCUT2D eigenvalue weighted by molar-refractivity contribution is -0.118. The summed E-state index contributed by atoms with van der Waals surface area (Å²) < 4.78 is 5.97. The van der Waals surface area contributed by atoms with Gasteiger partial charge in [0.25, 0.3) is 0 Å². The van der Waals surface area contributed by atoms with Crippen molar-refractivity contribution in [2.75, 3.05) is 5.75 Å². The number of hydrazone groups is 1. The van der Waals surface area contributed by atoms with E-state index in [9.17, 15) is 4.79 Å². The highest BCUT2D eigenvalue weighted by Gasteiger charge is 2.03. The molecule has 0 unspecified atom stereocenters. The van der Waals surface area contributed by atoms with Gasteiger partial charge in [0.2, 0.25) is 5.91 Å². The molecule has 0 radical (unpaired) electrons. The number of carbonyl (C=O) groups is 1. The SMILES string of the molecule is Cc1ccc(CSCC(=O)N/N=C/c2ccc(OCc3cccc4ccccc34)cc2)cc1. The summed E-state index contributed by atoms with van der Waals surface area (Å²) in [5.41, 5.74) is 7.08. The van der Waals surface area contributed by atoms with E-state index in [1.54, 1.807) is 18.0 Å². The maximum atomic E-state index is 12.0. The summed E-state index contributed by atoms with van der Waals surface area (Å²) in [5, 5.41) is 6.47. The van der Waals surface area contributed by atoms with Gasteiger partial charge in [-0.1, -0.05) is 72.3 Å². The Bertz CT molecular complexity index is 1230. The molecule has 0 saturated heterocycles. The molecule has 0 saturated carbocycles. The average molecular weight is 455 g/mol. The molecule has 1 N–H and O–H groups in total. The maximum Gasteiger partial charge on any atom is 0.250 e. The Morgan fingerprint density at radius 3 is 2.52 bits per heavy atom. The molecule has 0 aromatic heterocycles. The fraction of sp³-hybridized carbons (Fsp3) is 0.143. The molecule has 4 nitrogen and oxygen atoms in total. The lowest BCUT2D eigenvalue weighted by Crippen LogP contribution is -2.19. The van der Waals surface area contributed by atoms with Crippen molar-refractivity contribution in [3.8, 4) is 5.75 Å². The number of benzene rings is 4. The quantitative estimate of drug-likeness (QED) is 0.245. The van der Waals surface area contributed by atoms with E-state index in [-0.39, 0.29) is 5.91 Å². The van der Waals surface area contributed by atoms with Crippen molar-refractivity contribution in [1.82, 2.24) is 5.43 Å². The van der Waals surface area contributed by atoms with E-state index in [1.807, 2.05) is 36.4 Å². The zero-order valence-electron chi connectivity index (χ0n) is 18.5. The topological polar surface area (TPSA) is 50.7 Å². The minimum atomic E-state index is -0.113. The molecule has 33 heavy (non-hydrogen) atoms. The standard InChI is InChI=1S/C28H26N2O2S/c1-21-9-11-23(12-10-21)19-33-20-28(31)30-29-17-22-13-15-26(16-14-22)32-18-25-7-4-6-24-5-2-3-8-27(24)25/h2-17H,18-20H2,1H3,(H,30,31)/b29-17+. The number of nitrogens with zero attached hydrogens (tertiary/aromatic N) is 1. The van der Waals surface area contributed by atoms with E-state index in [1.165, 1.54) is 21.9 Å². The first kappa shape index (κ1) is 22.6. The van der Waals surface area contributed by atoms with Gasteiger partial charge in [-0.15, -0.1) is 11.8 Å². The van der Waals surface area contributed by atoms with Gasteiger partial charge in [0, 0.05) is 5.75 Å². The van der Waals surface area contributed by atoms with Crippen LogP contribution in [0.5, 0.6) is 5.75 Å². The number of hydrogen-bond donors (Lipinski definition) is 1. The first-order chi connectivity index (χ1) is 16.2. The number of rotatable bonds is 9. The summed E-state index contributed by atoms with van der Waals surface area (Å²) in [6.07, 6.45) is 1.64. The molecule has 0 atom stereocenters. The smallest absolute Gasteiger partial charge is 0.250 e. The number of nitrogens with one attached hydrogen (secondary N) is 1. The maximum absolute atomic E-state index is 12.0. The molecule has 0 bridgehead atoms. The van der Waals surface area contributed by atoms with Gasteiger partial charge in [0.1, 0.15) is 12.4 Å². The molecule has 0 fully saturated rings. The zero-order valence-corrected chi connectivity index (χ0v) is 19.3. The predicted molar refractivity (Wildman–Crippen MR) is 138 cm³/mol. The molecule has 0 heterocycles. The fourth-order valence-corrected chi connectivity index (χ4v) is 4.17. The number of aryl methyl sites for hydroxylation is 1. The van der Waals surface area contributed by atoms with Crippen LogP contribution in [0.2, 0.25) is 0 Å². The molecular weight excluding hydrogens is 428 g/mol. The van der Waals surface area contributed by atoms with Crippen molar-refractivity contribution >= 4 is 34.7 Å². The van der Waals surface area contributed by atoms with Gasteiger partial charge in [-0.25, -0.2) is 5.43 Å². The largest absolute Gasteiger partial charge is 0.489 e. The van der Waals surface area contributed by atoms with Crippen LogP contribution in [-0.4, -0.2) is 17.9 Å². The Labute approximate surface area is 198 Å². The normalized spacial score (nSPS) is 11.1. The summed E-state index contributed by atoms with van der Waals surface area (Å²) in [4.78, 5) is 12.0. The van der Waals surface area contributed by atoms with Crippen LogP contribution in [0.3, 0.4) is 0 Å². The van der Waals surface area contributed by atoms with E-state index in [0.29, 0.717) is 12.4 Å². The summed E-state index contributed by atoms with van der Waals surface area (Å²) >= 11 is 1.57. The van der Waals surface area contributed by atoms with Gasteiger partial charge in [0.05, 0.1) is 12.0 Å². The second kappa shape index (κ2) is 11.3. The number of ether oxygens (including phenoxy) is 1. The lowest BCUT2D eigenvalue weighted by atomic mass is 10.1. The van der Waals surface area contributed by atoms with E-state index >= 15 is 0 Å². The molecule has 4 rings (SSSR count). The second-order valence-corrected chi connectivity index (χ2v) is 8.75. The van der Waals surface area contributed by atoms with Gasteiger partial charge in [0.15, 0.2) is 0 Å². The molecule has 4 aromatic carbocycles. The summed E-state index contributed by atoms with van der Waals surface area (Å²) in [7, 11) is 0. The number of carbonyl (C=O) groups excluding carboxylic acids is 1. The fourth-order valence-electron chi connectivity index (χ4n) is 3.39. The molecular formula is C28H26N2O2S. The van der Waals surface area contributed by atoms with Crippen molar-refractivity contribution in [2.45, 2.75) is 19.3 Å². The number of fused-ring (bicyclic) bond motifs is 1. The van der Waals surface area contributed by atoms with Crippen LogP contribution in [0.25, 0.3) is 10.8 Å². The zero-order chi connectivity index (χ0) is 22.9. The molecule has 166 valence electrons. The molecule has 0 aliphatic heterocycles. The van der Waals surface area contributed by atoms with Crippen molar-refractivity contribution in [2.24, 2.45) is 5.10 Å². The van der Waals surface area contributed by atoms with Crippen molar-refractivity contribution < 1.29 is 9.53 Å². The first-order valence-electron chi connectivity index (χ1n) is 10.8. The summed E-state index contributed by atoms with van der Waals surface area (Å²) in [6.45, 7) is 2.57. The van der Waals surface area contributed by atoms with Crippen LogP contribution in [0.4, 0.5) is 0 Å². The molecule has 0 aliphatic carbocycles. The molecule has 4 aromatic rings. The van der Waals surface area contributed by atoms with Crippen LogP contribution in [0, 0.1) is 6.92 Å². The summed E-state index contributed by atoms with van der Waals surface area (Å²) in [6, 6.07) is 30.5. The monoisotopic (exact) mass is 454 g/mol. The highest BCUT2D eigenvalue weighted by molar-refractivity contribution is 7.99.